The van der Waals surface area contributed by atoms with Crippen LogP contribution in [-0.2, 0) is 0 Å². The molecule has 96 valence electrons. The minimum Gasteiger partial charge on any atom is -0.328 e. The molecular formula is C14H13FN3S+. The maximum atomic E-state index is 13.3. The van der Waals surface area contributed by atoms with Crippen LogP contribution in [-0.4, -0.2) is 11.3 Å². The van der Waals surface area contributed by atoms with Gasteiger partial charge in [-0.05, 0) is 36.5 Å². The second kappa shape index (κ2) is 6.61. The Bertz CT molecular complexity index is 584. The number of nitrogens with one attached hydrogen (secondary N) is 3. The molecule has 0 aliphatic rings. The fourth-order valence-corrected chi connectivity index (χ4v) is 1.63. The average molecular weight is 274 g/mol. The van der Waals surface area contributed by atoms with Crippen LogP contribution in [0.5, 0.6) is 0 Å². The van der Waals surface area contributed by atoms with E-state index in [1.165, 1.54) is 12.3 Å². The maximum Gasteiger partial charge on any atom is 0.228 e. The van der Waals surface area contributed by atoms with E-state index in [-0.39, 0.29) is 5.82 Å². The van der Waals surface area contributed by atoms with E-state index in [2.05, 4.69) is 15.8 Å². The van der Waals surface area contributed by atoms with E-state index in [0.717, 1.165) is 5.69 Å². The first-order chi connectivity index (χ1) is 9.25. The number of anilines is 1. The van der Waals surface area contributed by atoms with E-state index in [1.807, 2.05) is 30.3 Å². The lowest BCUT2D eigenvalue weighted by molar-refractivity contribution is -0.499. The minimum atomic E-state index is -0.293. The minimum absolute atomic E-state index is 0.293. The third kappa shape index (κ3) is 4.15. The van der Waals surface area contributed by atoms with Crippen LogP contribution < -0.4 is 15.8 Å². The molecule has 0 saturated carbocycles. The van der Waals surface area contributed by atoms with E-state index in [4.69, 9.17) is 12.2 Å². The Morgan fingerprint density at radius 3 is 2.47 bits per heavy atom. The van der Waals surface area contributed by atoms with Gasteiger partial charge in [0.2, 0.25) is 11.3 Å². The van der Waals surface area contributed by atoms with Crippen LogP contribution in [0.2, 0.25) is 0 Å². The fourth-order valence-electron chi connectivity index (χ4n) is 1.46. The van der Waals surface area contributed by atoms with Gasteiger partial charge in [-0.3, -0.25) is 0 Å². The van der Waals surface area contributed by atoms with Crippen molar-refractivity contribution in [2.45, 2.75) is 0 Å². The van der Waals surface area contributed by atoms with Gasteiger partial charge in [0.1, 0.15) is 5.82 Å². The van der Waals surface area contributed by atoms with Gasteiger partial charge in [0.15, 0.2) is 0 Å². The normalized spacial score (nSPS) is 10.4. The van der Waals surface area contributed by atoms with Crippen molar-refractivity contribution in [3.05, 3.63) is 66.0 Å². The molecule has 2 aromatic rings. The van der Waals surface area contributed by atoms with Gasteiger partial charge in [-0.1, -0.05) is 30.3 Å². The first-order valence-corrected chi connectivity index (χ1v) is 6.12. The van der Waals surface area contributed by atoms with Crippen molar-refractivity contribution >= 4 is 29.2 Å². The number of benzene rings is 2. The number of thiocarbonyl (C=S) groups is 1. The molecule has 0 aliphatic carbocycles. The quantitative estimate of drug-likeness (QED) is 0.448. The SMILES string of the molecule is Fc1ccccc1C=[NH+]NC(=S)Nc1ccccc1. The summed E-state index contributed by atoms with van der Waals surface area (Å²) in [4.78, 5) is 0. The number of para-hydroxylation sites is 1. The molecule has 19 heavy (non-hydrogen) atoms. The van der Waals surface area contributed by atoms with Crippen molar-refractivity contribution in [3.63, 3.8) is 0 Å². The third-order valence-corrected chi connectivity index (χ3v) is 2.55. The molecule has 0 heterocycles. The standard InChI is InChI=1S/C14H12FN3S/c15-13-9-5-4-6-11(13)10-16-18-14(19)17-12-7-2-1-3-8-12/h1-10H,(H2,17,18,19)/p+1. The highest BCUT2D eigenvalue weighted by atomic mass is 32.1. The zero-order valence-corrected chi connectivity index (χ0v) is 10.9. The molecule has 0 atom stereocenters. The Labute approximate surface area is 116 Å². The summed E-state index contributed by atoms with van der Waals surface area (Å²) in [6, 6.07) is 16.0. The highest BCUT2D eigenvalue weighted by molar-refractivity contribution is 7.80. The molecule has 0 radical (unpaired) electrons. The van der Waals surface area contributed by atoms with Crippen LogP contribution in [0.25, 0.3) is 0 Å². The van der Waals surface area contributed by atoms with Crippen LogP contribution in [0.4, 0.5) is 10.1 Å². The predicted octanol–water partition coefficient (Wildman–Crippen LogP) is 1.23. The molecule has 0 fully saturated rings. The number of hydrogen-bond acceptors (Lipinski definition) is 1. The van der Waals surface area contributed by atoms with Crippen LogP contribution in [0.15, 0.2) is 54.6 Å². The van der Waals surface area contributed by atoms with Crippen molar-refractivity contribution in [2.24, 2.45) is 0 Å². The number of hydrazone groups is 1. The zero-order valence-electron chi connectivity index (χ0n) is 10.1. The average Bonchev–Trinajstić information content (AvgIpc) is 2.42. The summed E-state index contributed by atoms with van der Waals surface area (Å²) in [5, 5.41) is 6.13. The largest absolute Gasteiger partial charge is 0.328 e. The smallest absolute Gasteiger partial charge is 0.228 e. The predicted molar refractivity (Wildman–Crippen MR) is 78.3 cm³/mol. The molecule has 5 heteroatoms. The Morgan fingerprint density at radius 1 is 1.05 bits per heavy atom. The van der Waals surface area contributed by atoms with Gasteiger partial charge in [-0.15, -0.1) is 10.5 Å². The summed E-state index contributed by atoms with van der Waals surface area (Å²) < 4.78 is 13.3. The van der Waals surface area contributed by atoms with Gasteiger partial charge in [0.25, 0.3) is 0 Å². The van der Waals surface area contributed by atoms with Gasteiger partial charge in [0, 0.05) is 5.69 Å². The van der Waals surface area contributed by atoms with Gasteiger partial charge >= 0.3 is 0 Å². The zero-order chi connectivity index (χ0) is 13.5. The van der Waals surface area contributed by atoms with Gasteiger partial charge in [-0.25, -0.2) is 4.39 Å². The highest BCUT2D eigenvalue weighted by Gasteiger charge is 2.00. The summed E-state index contributed by atoms with van der Waals surface area (Å²) in [6.45, 7) is 0. The monoisotopic (exact) mass is 274 g/mol. The van der Waals surface area contributed by atoms with Crippen molar-refractivity contribution < 1.29 is 9.49 Å². The van der Waals surface area contributed by atoms with Gasteiger partial charge < -0.3 is 5.32 Å². The van der Waals surface area contributed by atoms with Crippen LogP contribution in [0, 0.1) is 5.82 Å². The molecule has 0 bridgehead atoms. The Balaban J connectivity index is 1.89. The van der Waals surface area contributed by atoms with Gasteiger partial charge in [0.05, 0.1) is 5.56 Å². The second-order valence-electron chi connectivity index (χ2n) is 3.76. The summed E-state index contributed by atoms with van der Waals surface area (Å²) in [7, 11) is 0. The summed E-state index contributed by atoms with van der Waals surface area (Å²) in [5.74, 6) is -0.293. The van der Waals surface area contributed by atoms with E-state index in [9.17, 15) is 4.39 Å². The third-order valence-electron chi connectivity index (χ3n) is 2.35. The molecule has 3 nitrogen and oxygen atoms in total. The van der Waals surface area contributed by atoms with Crippen molar-refractivity contribution in [3.8, 4) is 0 Å². The lowest BCUT2D eigenvalue weighted by Crippen LogP contribution is -2.82. The molecule has 0 amide bonds. The number of rotatable bonds is 3. The van der Waals surface area contributed by atoms with Crippen molar-refractivity contribution in [1.82, 2.24) is 5.43 Å². The summed E-state index contributed by atoms with van der Waals surface area (Å²) in [5.41, 5.74) is 4.09. The first kappa shape index (κ1) is 13.2. The Kier molecular flexibility index (Phi) is 4.58. The van der Waals surface area contributed by atoms with E-state index in [1.54, 1.807) is 18.2 Å². The summed E-state index contributed by atoms with van der Waals surface area (Å²) in [6.07, 6.45) is 1.51. The van der Waals surface area contributed by atoms with Crippen molar-refractivity contribution in [1.29, 1.82) is 0 Å². The number of hydrazine groups is 1. The Hall–Kier alpha value is -2.27. The van der Waals surface area contributed by atoms with Crippen LogP contribution in [0.1, 0.15) is 5.56 Å². The van der Waals surface area contributed by atoms with E-state index in [0.29, 0.717) is 10.7 Å². The molecule has 0 unspecified atom stereocenters. The van der Waals surface area contributed by atoms with E-state index >= 15 is 0 Å². The molecule has 2 rings (SSSR count). The lowest BCUT2D eigenvalue weighted by Gasteiger charge is -2.03. The lowest BCUT2D eigenvalue weighted by atomic mass is 10.2. The fraction of sp³-hybridized carbons (Fsp3) is 0. The molecule has 0 aliphatic heterocycles. The summed E-state index contributed by atoms with van der Waals surface area (Å²) >= 11 is 5.09. The molecule has 2 aromatic carbocycles. The molecule has 3 N–H and O–H groups in total. The molecule has 0 saturated heterocycles. The Morgan fingerprint density at radius 2 is 1.74 bits per heavy atom. The maximum absolute atomic E-state index is 13.3. The highest BCUT2D eigenvalue weighted by Crippen LogP contribution is 2.03. The van der Waals surface area contributed by atoms with Gasteiger partial charge in [-0.2, -0.15) is 0 Å². The molecule has 0 spiro atoms. The molecule has 0 aromatic heterocycles. The van der Waals surface area contributed by atoms with Crippen LogP contribution >= 0.6 is 12.2 Å². The first-order valence-electron chi connectivity index (χ1n) is 5.71. The van der Waals surface area contributed by atoms with E-state index < -0.39 is 0 Å². The topological polar surface area (TPSA) is 38.0 Å². The van der Waals surface area contributed by atoms with Crippen LogP contribution in [0.3, 0.4) is 0 Å². The second-order valence-corrected chi connectivity index (χ2v) is 4.16. The van der Waals surface area contributed by atoms with Crippen molar-refractivity contribution in [2.75, 3.05) is 5.32 Å². The number of hydrogen-bond donors (Lipinski definition) is 3. The number of halogens is 1. The molecular weight excluding hydrogens is 261 g/mol.